The van der Waals surface area contributed by atoms with E-state index >= 15 is 0 Å². The van der Waals surface area contributed by atoms with E-state index in [1.807, 2.05) is 20.8 Å². The van der Waals surface area contributed by atoms with Gasteiger partial charge in [0.2, 0.25) is 0 Å². The number of benzene rings is 1. The third kappa shape index (κ3) is 4.55. The minimum Gasteiger partial charge on any atom is -0.373 e. The second-order valence-corrected chi connectivity index (χ2v) is 7.69. The summed E-state index contributed by atoms with van der Waals surface area (Å²) in [6.45, 7) is 8.40. The van der Waals surface area contributed by atoms with Gasteiger partial charge in [0.1, 0.15) is 0 Å². The average Bonchev–Trinajstić information content (AvgIpc) is 2.46. The summed E-state index contributed by atoms with van der Waals surface area (Å²) in [4.78, 5) is 0. The molecule has 0 aromatic heterocycles. The molecule has 1 aromatic rings. The molecule has 0 radical (unpaired) electrons. The van der Waals surface area contributed by atoms with Crippen molar-refractivity contribution in [1.29, 1.82) is 0 Å². The molecule has 0 aliphatic rings. The monoisotopic (exact) mass is 336 g/mol. The van der Waals surface area contributed by atoms with Gasteiger partial charge in [-0.3, -0.25) is 0 Å². The van der Waals surface area contributed by atoms with Crippen LogP contribution in [0.4, 0.5) is 13.2 Å². The molecular weight excluding hydrogens is 313 g/mol. The van der Waals surface area contributed by atoms with Gasteiger partial charge in [-0.25, -0.2) is 0 Å². The van der Waals surface area contributed by atoms with E-state index in [1.54, 1.807) is 13.0 Å². The lowest BCUT2D eigenvalue weighted by molar-refractivity contribution is -0.137. The molecule has 3 nitrogen and oxygen atoms in total. The van der Waals surface area contributed by atoms with E-state index < -0.39 is 20.5 Å². The van der Waals surface area contributed by atoms with Gasteiger partial charge >= 0.3 is 15.0 Å². The molecule has 0 spiro atoms. The van der Waals surface area contributed by atoms with Gasteiger partial charge in [-0.15, -0.1) is 0 Å². The maximum absolute atomic E-state index is 12.9. The normalized spacial score (nSPS) is 14.1. The van der Waals surface area contributed by atoms with E-state index in [-0.39, 0.29) is 5.54 Å². The van der Waals surface area contributed by atoms with Crippen molar-refractivity contribution in [1.82, 2.24) is 0 Å². The van der Waals surface area contributed by atoms with E-state index in [0.717, 1.165) is 12.1 Å². The van der Waals surface area contributed by atoms with Crippen LogP contribution in [-0.2, 0) is 19.5 Å². The number of hydrogen-bond acceptors (Lipinski definition) is 3. The second-order valence-electron chi connectivity index (χ2n) is 4.75. The van der Waals surface area contributed by atoms with E-state index in [4.69, 9.17) is 13.3 Å². The average molecular weight is 336 g/mol. The van der Waals surface area contributed by atoms with Crippen molar-refractivity contribution < 1.29 is 26.4 Å². The Morgan fingerprint density at radius 2 is 1.50 bits per heavy atom. The molecule has 0 aliphatic carbocycles. The van der Waals surface area contributed by atoms with Crippen molar-refractivity contribution in [2.24, 2.45) is 0 Å². The van der Waals surface area contributed by atoms with Crippen LogP contribution < -0.4 is 0 Å². The molecule has 0 fully saturated rings. The SMILES string of the molecule is CCO[Si](OCC)(OCC)[C@@H](C)c1cccc(C(F)(F)F)c1. The zero-order chi connectivity index (χ0) is 16.8. The summed E-state index contributed by atoms with van der Waals surface area (Å²) in [5, 5.41) is 0. The molecule has 1 atom stereocenters. The zero-order valence-corrected chi connectivity index (χ0v) is 14.4. The van der Waals surface area contributed by atoms with E-state index in [2.05, 4.69) is 0 Å². The van der Waals surface area contributed by atoms with Crippen LogP contribution in [0.5, 0.6) is 0 Å². The first-order chi connectivity index (χ1) is 10.3. The molecule has 0 N–H and O–H groups in total. The molecule has 0 amide bonds. The quantitative estimate of drug-likeness (QED) is 0.659. The van der Waals surface area contributed by atoms with Crippen LogP contribution in [0, 0.1) is 0 Å². The fourth-order valence-electron chi connectivity index (χ4n) is 2.29. The first kappa shape index (κ1) is 19.2. The fourth-order valence-corrected chi connectivity index (χ4v) is 5.09. The van der Waals surface area contributed by atoms with Crippen LogP contribution in [0.15, 0.2) is 24.3 Å². The highest BCUT2D eigenvalue weighted by molar-refractivity contribution is 6.62. The van der Waals surface area contributed by atoms with E-state index in [9.17, 15) is 13.2 Å². The minimum absolute atomic E-state index is 0.380. The number of alkyl halides is 3. The molecule has 7 heteroatoms. The molecule has 1 aromatic carbocycles. The molecule has 0 saturated carbocycles. The summed E-state index contributed by atoms with van der Waals surface area (Å²) in [6, 6.07) is 5.25. The molecule has 0 unspecified atom stereocenters. The first-order valence-corrected chi connectivity index (χ1v) is 9.19. The van der Waals surface area contributed by atoms with Crippen molar-refractivity contribution in [3.8, 4) is 0 Å². The van der Waals surface area contributed by atoms with Crippen LogP contribution in [0.3, 0.4) is 0 Å². The Kier molecular flexibility index (Phi) is 7.05. The van der Waals surface area contributed by atoms with Crippen molar-refractivity contribution in [2.45, 2.75) is 39.4 Å². The van der Waals surface area contributed by atoms with Gasteiger partial charge in [-0.2, -0.15) is 13.2 Å². The summed E-state index contributed by atoms with van der Waals surface area (Å²) < 4.78 is 56.0. The number of hydrogen-bond donors (Lipinski definition) is 0. The predicted octanol–water partition coefficient (Wildman–Crippen LogP) is 4.40. The fraction of sp³-hybridized carbons (Fsp3) is 0.600. The Labute approximate surface area is 130 Å². The van der Waals surface area contributed by atoms with Gasteiger partial charge in [0, 0.05) is 19.8 Å². The molecule has 0 heterocycles. The van der Waals surface area contributed by atoms with Gasteiger partial charge in [-0.05, 0) is 32.4 Å². The van der Waals surface area contributed by atoms with Crippen LogP contribution in [0.25, 0.3) is 0 Å². The maximum Gasteiger partial charge on any atom is 0.508 e. The molecular formula is C15H23F3O3Si. The predicted molar refractivity (Wildman–Crippen MR) is 80.5 cm³/mol. The Hall–Kier alpha value is -0.893. The van der Waals surface area contributed by atoms with Crippen molar-refractivity contribution in [3.05, 3.63) is 35.4 Å². The summed E-state index contributed by atoms with van der Waals surface area (Å²) >= 11 is 0. The number of rotatable bonds is 8. The summed E-state index contributed by atoms with van der Waals surface area (Å²) in [5.41, 5.74) is -0.546. The smallest absolute Gasteiger partial charge is 0.373 e. The highest BCUT2D eigenvalue weighted by Crippen LogP contribution is 2.34. The van der Waals surface area contributed by atoms with Crippen LogP contribution in [0.1, 0.15) is 44.4 Å². The lowest BCUT2D eigenvalue weighted by Crippen LogP contribution is -2.51. The molecule has 0 bridgehead atoms. The highest BCUT2D eigenvalue weighted by atomic mass is 28.4. The molecule has 22 heavy (non-hydrogen) atoms. The van der Waals surface area contributed by atoms with Gasteiger partial charge in [0.25, 0.3) is 0 Å². The van der Waals surface area contributed by atoms with Gasteiger partial charge in [-0.1, -0.05) is 25.1 Å². The van der Waals surface area contributed by atoms with E-state index in [1.165, 1.54) is 6.07 Å². The number of halogens is 3. The van der Waals surface area contributed by atoms with Gasteiger partial charge in [0.05, 0.1) is 11.1 Å². The van der Waals surface area contributed by atoms with Gasteiger partial charge < -0.3 is 13.3 Å². The van der Waals surface area contributed by atoms with Crippen molar-refractivity contribution in [3.63, 3.8) is 0 Å². The Balaban J connectivity index is 3.20. The highest BCUT2D eigenvalue weighted by Gasteiger charge is 2.48. The first-order valence-electron chi connectivity index (χ1n) is 7.39. The topological polar surface area (TPSA) is 27.7 Å². The molecule has 0 saturated heterocycles. The Morgan fingerprint density at radius 1 is 1.00 bits per heavy atom. The lowest BCUT2D eigenvalue weighted by Gasteiger charge is -2.33. The molecule has 126 valence electrons. The standard InChI is InChI=1S/C15H23F3O3Si/c1-5-19-22(20-6-2,21-7-3)12(4)13-9-8-10-14(11-13)15(16,17)18/h8-12H,5-7H2,1-4H3/t12-/m0/s1. The van der Waals surface area contributed by atoms with Crippen LogP contribution in [-0.4, -0.2) is 28.6 Å². The van der Waals surface area contributed by atoms with E-state index in [0.29, 0.717) is 25.4 Å². The van der Waals surface area contributed by atoms with Crippen LogP contribution in [0.2, 0.25) is 0 Å². The third-order valence-electron chi connectivity index (χ3n) is 3.28. The maximum atomic E-state index is 12.9. The molecule has 1 rings (SSSR count). The third-order valence-corrected chi connectivity index (χ3v) is 6.75. The summed E-state index contributed by atoms with van der Waals surface area (Å²) in [6.07, 6.45) is -4.37. The lowest BCUT2D eigenvalue weighted by atomic mass is 10.1. The van der Waals surface area contributed by atoms with Gasteiger partial charge in [0.15, 0.2) is 0 Å². The van der Waals surface area contributed by atoms with Crippen LogP contribution >= 0.6 is 0 Å². The Bertz CT molecular complexity index is 449. The van der Waals surface area contributed by atoms with Crippen molar-refractivity contribution in [2.75, 3.05) is 19.8 Å². The minimum atomic E-state index is -4.37. The van der Waals surface area contributed by atoms with Crippen molar-refractivity contribution >= 4 is 8.80 Å². The summed E-state index contributed by atoms with van der Waals surface area (Å²) in [5.74, 6) is 0. The molecule has 0 aliphatic heterocycles. The Morgan fingerprint density at radius 3 is 1.91 bits per heavy atom. The zero-order valence-electron chi connectivity index (χ0n) is 13.4. The summed E-state index contributed by atoms with van der Waals surface area (Å²) in [7, 11) is -3.09. The largest absolute Gasteiger partial charge is 0.508 e. The second kappa shape index (κ2) is 8.10.